The van der Waals surface area contributed by atoms with E-state index in [4.69, 9.17) is 0 Å². The first-order valence-corrected chi connectivity index (χ1v) is 9.15. The summed E-state index contributed by atoms with van der Waals surface area (Å²) in [6, 6.07) is 20.1. The maximum Gasteiger partial charge on any atom is 0.0719 e. The van der Waals surface area contributed by atoms with Crippen LogP contribution in [0, 0.1) is 0 Å². The highest BCUT2D eigenvalue weighted by Crippen LogP contribution is 2.42. The van der Waals surface area contributed by atoms with Gasteiger partial charge in [-0.25, -0.2) is 0 Å². The van der Waals surface area contributed by atoms with Gasteiger partial charge in [0.1, 0.15) is 0 Å². The van der Waals surface area contributed by atoms with Crippen LogP contribution in [-0.2, 0) is 0 Å². The van der Waals surface area contributed by atoms with Gasteiger partial charge in [-0.3, -0.25) is 0 Å². The summed E-state index contributed by atoms with van der Waals surface area (Å²) in [5.41, 5.74) is 0. The molecular formula is C18H9BrS2. The fourth-order valence-corrected chi connectivity index (χ4v) is 6.10. The Balaban J connectivity index is 1.97. The summed E-state index contributed by atoms with van der Waals surface area (Å²) < 4.78 is 5.37. The fraction of sp³-hybridized carbons (Fsp3) is 0. The first-order chi connectivity index (χ1) is 10.3. The second-order valence-electron chi connectivity index (χ2n) is 5.24. The summed E-state index contributed by atoms with van der Waals surface area (Å²) in [6.45, 7) is 0. The minimum Gasteiger partial charge on any atom is -0.134 e. The molecule has 0 spiro atoms. The highest BCUT2D eigenvalue weighted by molar-refractivity contribution is 9.11. The Bertz CT molecular complexity index is 1150. The molecule has 2 heterocycles. The minimum absolute atomic E-state index is 1.21. The third-order valence-electron chi connectivity index (χ3n) is 3.94. The maximum atomic E-state index is 3.60. The molecule has 0 saturated carbocycles. The molecule has 0 nitrogen and oxygen atoms in total. The van der Waals surface area contributed by atoms with Crippen molar-refractivity contribution in [3.63, 3.8) is 0 Å². The summed E-state index contributed by atoms with van der Waals surface area (Å²) in [7, 11) is 0. The Hall–Kier alpha value is -1.42. The van der Waals surface area contributed by atoms with Crippen molar-refractivity contribution in [2.24, 2.45) is 0 Å². The molecule has 0 N–H and O–H groups in total. The molecule has 0 amide bonds. The van der Waals surface area contributed by atoms with Crippen LogP contribution in [0.25, 0.3) is 41.0 Å². The summed E-state index contributed by atoms with van der Waals surface area (Å²) in [5.74, 6) is 0. The second-order valence-corrected chi connectivity index (χ2v) is 8.76. The van der Waals surface area contributed by atoms with Crippen LogP contribution >= 0.6 is 38.6 Å². The second kappa shape index (κ2) is 4.29. The van der Waals surface area contributed by atoms with Crippen LogP contribution in [-0.4, -0.2) is 0 Å². The lowest BCUT2D eigenvalue weighted by atomic mass is 10.0. The molecular weight excluding hydrogens is 360 g/mol. The molecule has 0 aliphatic carbocycles. The van der Waals surface area contributed by atoms with Crippen LogP contribution in [0.4, 0.5) is 0 Å². The topological polar surface area (TPSA) is 0 Å². The Morgan fingerprint density at radius 2 is 1.38 bits per heavy atom. The van der Waals surface area contributed by atoms with Crippen molar-refractivity contribution in [1.82, 2.24) is 0 Å². The van der Waals surface area contributed by atoms with Crippen LogP contribution in [0.2, 0.25) is 0 Å². The first kappa shape index (κ1) is 12.2. The molecule has 0 saturated heterocycles. The Kier molecular flexibility index (Phi) is 2.48. The van der Waals surface area contributed by atoms with Gasteiger partial charge < -0.3 is 0 Å². The van der Waals surface area contributed by atoms with Crippen molar-refractivity contribution >= 4 is 79.6 Å². The highest BCUT2D eigenvalue weighted by atomic mass is 79.9. The molecule has 3 heteroatoms. The molecule has 0 unspecified atom stereocenters. The van der Waals surface area contributed by atoms with E-state index >= 15 is 0 Å². The zero-order valence-electron chi connectivity index (χ0n) is 10.9. The minimum atomic E-state index is 1.21. The van der Waals surface area contributed by atoms with Crippen LogP contribution in [0.15, 0.2) is 58.4 Å². The highest BCUT2D eigenvalue weighted by Gasteiger charge is 2.10. The van der Waals surface area contributed by atoms with Gasteiger partial charge in [0, 0.05) is 14.8 Å². The Morgan fingerprint density at radius 1 is 0.667 bits per heavy atom. The molecule has 0 aliphatic heterocycles. The average Bonchev–Trinajstić information content (AvgIpc) is 2.98. The molecule has 0 bridgehead atoms. The molecule has 0 atom stereocenters. The van der Waals surface area contributed by atoms with Gasteiger partial charge in [-0.2, -0.15) is 0 Å². The zero-order valence-corrected chi connectivity index (χ0v) is 14.1. The van der Waals surface area contributed by atoms with E-state index < -0.39 is 0 Å². The number of hydrogen-bond donors (Lipinski definition) is 0. The van der Waals surface area contributed by atoms with Crippen molar-refractivity contribution in [2.75, 3.05) is 0 Å². The number of rotatable bonds is 0. The Morgan fingerprint density at radius 3 is 2.14 bits per heavy atom. The van der Waals surface area contributed by atoms with Crippen molar-refractivity contribution < 1.29 is 0 Å². The average molecular weight is 369 g/mol. The van der Waals surface area contributed by atoms with Gasteiger partial charge in [0.25, 0.3) is 0 Å². The van der Waals surface area contributed by atoms with Crippen molar-refractivity contribution in [3.05, 3.63) is 58.4 Å². The van der Waals surface area contributed by atoms with E-state index in [0.717, 1.165) is 0 Å². The lowest BCUT2D eigenvalue weighted by Gasteiger charge is -2.03. The van der Waals surface area contributed by atoms with Crippen molar-refractivity contribution in [3.8, 4) is 0 Å². The van der Waals surface area contributed by atoms with Crippen LogP contribution in [0.1, 0.15) is 0 Å². The van der Waals surface area contributed by atoms with Crippen molar-refractivity contribution in [2.45, 2.75) is 0 Å². The number of hydrogen-bond acceptors (Lipinski definition) is 2. The van der Waals surface area contributed by atoms with E-state index in [1.165, 1.54) is 44.8 Å². The molecule has 5 rings (SSSR count). The largest absolute Gasteiger partial charge is 0.134 e. The van der Waals surface area contributed by atoms with E-state index in [0.29, 0.717) is 0 Å². The van der Waals surface area contributed by atoms with E-state index in [1.807, 2.05) is 22.7 Å². The molecule has 2 aromatic heterocycles. The van der Waals surface area contributed by atoms with Crippen LogP contribution < -0.4 is 0 Å². The van der Waals surface area contributed by atoms with E-state index in [-0.39, 0.29) is 0 Å². The Labute approximate surface area is 137 Å². The lowest BCUT2D eigenvalue weighted by Crippen LogP contribution is -1.76. The number of thiophene rings is 2. The number of benzene rings is 3. The lowest BCUT2D eigenvalue weighted by molar-refractivity contribution is 1.80. The fourth-order valence-electron chi connectivity index (χ4n) is 2.96. The predicted molar refractivity (Wildman–Crippen MR) is 99.9 cm³/mol. The maximum absolute atomic E-state index is 3.60. The summed E-state index contributed by atoms with van der Waals surface area (Å²) in [4.78, 5) is 0. The van der Waals surface area contributed by atoms with E-state index in [1.54, 1.807) is 0 Å². The summed E-state index contributed by atoms with van der Waals surface area (Å²) >= 11 is 7.31. The van der Waals surface area contributed by atoms with E-state index in [9.17, 15) is 0 Å². The monoisotopic (exact) mass is 368 g/mol. The normalized spacial score (nSPS) is 12.0. The number of halogens is 1. The molecule has 0 fully saturated rings. The predicted octanol–water partition coefficient (Wildman–Crippen LogP) is 7.18. The first-order valence-electron chi connectivity index (χ1n) is 6.72. The summed E-state index contributed by atoms with van der Waals surface area (Å²) in [6.07, 6.45) is 0. The zero-order chi connectivity index (χ0) is 14.0. The van der Waals surface area contributed by atoms with Crippen LogP contribution in [0.5, 0.6) is 0 Å². The third kappa shape index (κ3) is 1.78. The van der Waals surface area contributed by atoms with Gasteiger partial charge in [0.05, 0.1) is 8.49 Å². The molecule has 3 aromatic carbocycles. The molecule has 5 aromatic rings. The molecule has 0 aliphatic rings. The van der Waals surface area contributed by atoms with Gasteiger partial charge in [0.2, 0.25) is 0 Å². The van der Waals surface area contributed by atoms with E-state index in [2.05, 4.69) is 70.5 Å². The molecule has 100 valence electrons. The van der Waals surface area contributed by atoms with Gasteiger partial charge >= 0.3 is 0 Å². The van der Waals surface area contributed by atoms with Crippen LogP contribution in [0.3, 0.4) is 0 Å². The van der Waals surface area contributed by atoms with Gasteiger partial charge in [-0.15, -0.1) is 22.7 Å². The quantitative estimate of drug-likeness (QED) is 0.254. The van der Waals surface area contributed by atoms with Gasteiger partial charge in [-0.05, 0) is 67.8 Å². The van der Waals surface area contributed by atoms with Gasteiger partial charge in [0.15, 0.2) is 0 Å². The molecule has 21 heavy (non-hydrogen) atoms. The van der Waals surface area contributed by atoms with Crippen molar-refractivity contribution in [1.29, 1.82) is 0 Å². The number of fused-ring (bicyclic) bond motifs is 5. The third-order valence-corrected chi connectivity index (χ3v) is 6.84. The standard InChI is InChI=1S/C18H9BrS2/c19-17-9-16-18(21-17)14-7-12-5-10-3-1-2-4-11(10)6-13(12)8-15(14)20-16/h1-9H. The SMILES string of the molecule is Brc1cc2sc3cc4cc5ccccc5cc4cc3c2s1. The van der Waals surface area contributed by atoms with Gasteiger partial charge in [-0.1, -0.05) is 24.3 Å². The smallest absolute Gasteiger partial charge is 0.0719 e. The summed E-state index contributed by atoms with van der Waals surface area (Å²) in [5, 5.41) is 6.65. The molecule has 0 radical (unpaired) electrons.